The molecule has 4 aromatic rings. The lowest BCUT2D eigenvalue weighted by Gasteiger charge is -2.30. The number of aromatic amines is 1. The fourth-order valence-corrected chi connectivity index (χ4v) is 3.98. The predicted octanol–water partition coefficient (Wildman–Crippen LogP) is 6.38. The molecule has 34 heavy (non-hydrogen) atoms. The Bertz CT molecular complexity index is 1410. The maximum Gasteiger partial charge on any atom is 0.263 e. The summed E-state index contributed by atoms with van der Waals surface area (Å²) in [5.74, 6) is 0.822. The standard InChI is InChI=1S/C27H26ClN3O3/c1-27(2,3)30-24-23(21-10-5-6-11-22(21)25(32)29-24)31(19-12-14-20(34-4)15-13-19)26(33)17-8-7-9-18(28)16-17/h5-16H,1-4H3,(H2,29,30,32). The van der Waals surface area contributed by atoms with Crippen LogP contribution in [0, 0.1) is 0 Å². The molecule has 0 saturated carbocycles. The van der Waals surface area contributed by atoms with Crippen LogP contribution < -0.4 is 20.5 Å². The third-order valence-corrected chi connectivity index (χ3v) is 5.47. The lowest BCUT2D eigenvalue weighted by atomic mass is 10.1. The van der Waals surface area contributed by atoms with Crippen molar-refractivity contribution in [2.75, 3.05) is 17.3 Å². The maximum atomic E-state index is 14.0. The van der Waals surface area contributed by atoms with Crippen molar-refractivity contribution in [3.05, 3.63) is 93.7 Å². The monoisotopic (exact) mass is 475 g/mol. The third kappa shape index (κ3) is 4.77. The Balaban J connectivity index is 2.05. The van der Waals surface area contributed by atoms with Gasteiger partial charge in [0.2, 0.25) is 0 Å². The maximum absolute atomic E-state index is 14.0. The largest absolute Gasteiger partial charge is 0.497 e. The van der Waals surface area contributed by atoms with Crippen LogP contribution in [0.1, 0.15) is 31.1 Å². The van der Waals surface area contributed by atoms with Crippen molar-refractivity contribution in [2.45, 2.75) is 26.3 Å². The number of rotatable bonds is 5. The number of anilines is 3. The first-order chi connectivity index (χ1) is 16.2. The van der Waals surface area contributed by atoms with E-state index in [2.05, 4.69) is 10.3 Å². The molecule has 0 aliphatic rings. The van der Waals surface area contributed by atoms with E-state index in [4.69, 9.17) is 16.3 Å². The normalized spacial score (nSPS) is 11.3. The molecule has 0 radical (unpaired) electrons. The smallest absolute Gasteiger partial charge is 0.263 e. The van der Waals surface area contributed by atoms with Crippen LogP contribution in [0.25, 0.3) is 10.8 Å². The van der Waals surface area contributed by atoms with E-state index >= 15 is 0 Å². The SMILES string of the molecule is COc1ccc(N(C(=O)c2cccc(Cl)c2)c2c(NC(C)(C)C)[nH]c(=O)c3ccccc23)cc1. The number of benzene rings is 3. The first kappa shape index (κ1) is 23.4. The van der Waals surface area contributed by atoms with E-state index in [1.807, 2.05) is 45.0 Å². The highest BCUT2D eigenvalue weighted by Crippen LogP contribution is 2.39. The number of carbonyl (C=O) groups excluding carboxylic acids is 1. The van der Waals surface area contributed by atoms with Crippen molar-refractivity contribution >= 4 is 45.5 Å². The van der Waals surface area contributed by atoms with Crippen LogP contribution in [0.2, 0.25) is 5.02 Å². The number of nitrogens with one attached hydrogen (secondary N) is 2. The van der Waals surface area contributed by atoms with E-state index in [-0.39, 0.29) is 17.0 Å². The van der Waals surface area contributed by atoms with Crippen molar-refractivity contribution in [1.29, 1.82) is 0 Å². The molecule has 1 heterocycles. The Hall–Kier alpha value is -3.77. The summed E-state index contributed by atoms with van der Waals surface area (Å²) in [5, 5.41) is 4.95. The van der Waals surface area contributed by atoms with Gasteiger partial charge in [-0.2, -0.15) is 0 Å². The van der Waals surface area contributed by atoms with Crippen LogP contribution in [-0.4, -0.2) is 23.5 Å². The number of methoxy groups -OCH3 is 1. The molecule has 0 saturated heterocycles. The lowest BCUT2D eigenvalue weighted by Crippen LogP contribution is -2.32. The number of pyridine rings is 1. The van der Waals surface area contributed by atoms with Gasteiger partial charge in [-0.25, -0.2) is 0 Å². The Morgan fingerprint density at radius 3 is 2.26 bits per heavy atom. The molecule has 3 aromatic carbocycles. The van der Waals surface area contributed by atoms with Gasteiger partial charge in [0.25, 0.3) is 11.5 Å². The van der Waals surface area contributed by atoms with Gasteiger partial charge in [-0.15, -0.1) is 0 Å². The Kier molecular flexibility index (Phi) is 6.35. The van der Waals surface area contributed by atoms with Gasteiger partial charge in [0.1, 0.15) is 11.6 Å². The summed E-state index contributed by atoms with van der Waals surface area (Å²) in [5.41, 5.74) is 0.946. The zero-order chi connectivity index (χ0) is 24.5. The second-order valence-corrected chi connectivity index (χ2v) is 9.38. The zero-order valence-corrected chi connectivity index (χ0v) is 20.2. The quantitative estimate of drug-likeness (QED) is 0.351. The molecule has 0 aliphatic heterocycles. The number of fused-ring (bicyclic) bond motifs is 1. The summed E-state index contributed by atoms with van der Waals surface area (Å²) in [6.07, 6.45) is 0. The average Bonchev–Trinajstić information content (AvgIpc) is 2.80. The number of ether oxygens (including phenoxy) is 1. The Labute approximate surface area is 203 Å². The summed E-state index contributed by atoms with van der Waals surface area (Å²) in [4.78, 5) is 31.5. The summed E-state index contributed by atoms with van der Waals surface area (Å²) in [6, 6.07) is 21.2. The molecule has 0 atom stereocenters. The van der Waals surface area contributed by atoms with Crippen LogP contribution in [0.5, 0.6) is 5.75 Å². The number of nitrogens with zero attached hydrogens (tertiary/aromatic N) is 1. The minimum absolute atomic E-state index is 0.240. The fraction of sp³-hybridized carbons (Fsp3) is 0.185. The second kappa shape index (κ2) is 9.23. The van der Waals surface area contributed by atoms with E-state index in [9.17, 15) is 9.59 Å². The Morgan fingerprint density at radius 1 is 0.971 bits per heavy atom. The van der Waals surface area contributed by atoms with Gasteiger partial charge in [0.05, 0.1) is 12.8 Å². The number of halogens is 1. The van der Waals surface area contributed by atoms with Crippen LogP contribution >= 0.6 is 11.6 Å². The second-order valence-electron chi connectivity index (χ2n) is 8.95. The highest BCUT2D eigenvalue weighted by atomic mass is 35.5. The van der Waals surface area contributed by atoms with Crippen molar-refractivity contribution in [1.82, 2.24) is 4.98 Å². The van der Waals surface area contributed by atoms with E-state index in [1.165, 1.54) is 0 Å². The number of H-pyrrole nitrogens is 1. The van der Waals surface area contributed by atoms with Crippen molar-refractivity contribution in [2.24, 2.45) is 0 Å². The number of hydrogen-bond acceptors (Lipinski definition) is 4. The molecule has 0 unspecified atom stereocenters. The molecule has 1 aromatic heterocycles. The average molecular weight is 476 g/mol. The zero-order valence-electron chi connectivity index (χ0n) is 19.5. The van der Waals surface area contributed by atoms with Crippen LogP contribution in [0.4, 0.5) is 17.2 Å². The molecule has 0 spiro atoms. The molecule has 0 fully saturated rings. The first-order valence-corrected chi connectivity index (χ1v) is 11.2. The van der Waals surface area contributed by atoms with Crippen molar-refractivity contribution < 1.29 is 9.53 Å². The fourth-order valence-electron chi connectivity index (χ4n) is 3.79. The number of carbonyl (C=O) groups is 1. The number of amides is 1. The van der Waals surface area contributed by atoms with E-state index in [0.29, 0.717) is 44.3 Å². The molecule has 4 rings (SSSR count). The van der Waals surface area contributed by atoms with Gasteiger partial charge < -0.3 is 15.0 Å². The lowest BCUT2D eigenvalue weighted by molar-refractivity contribution is 0.0999. The van der Waals surface area contributed by atoms with Gasteiger partial charge >= 0.3 is 0 Å². The van der Waals surface area contributed by atoms with E-state index in [1.54, 1.807) is 60.5 Å². The van der Waals surface area contributed by atoms with Gasteiger partial charge in [0.15, 0.2) is 0 Å². The molecule has 0 aliphatic carbocycles. The van der Waals surface area contributed by atoms with Crippen LogP contribution in [0.15, 0.2) is 77.6 Å². The van der Waals surface area contributed by atoms with Gasteiger partial charge in [-0.1, -0.05) is 35.9 Å². The van der Waals surface area contributed by atoms with Crippen molar-refractivity contribution in [3.8, 4) is 5.75 Å². The van der Waals surface area contributed by atoms with Gasteiger partial charge in [-0.05, 0) is 69.3 Å². The van der Waals surface area contributed by atoms with Crippen LogP contribution in [0.3, 0.4) is 0 Å². The molecule has 6 nitrogen and oxygen atoms in total. The predicted molar refractivity (Wildman–Crippen MR) is 139 cm³/mol. The molecule has 174 valence electrons. The molecule has 1 amide bonds. The molecular formula is C27H26ClN3O3. The highest BCUT2D eigenvalue weighted by Gasteiger charge is 2.27. The first-order valence-electron chi connectivity index (χ1n) is 10.9. The van der Waals surface area contributed by atoms with Crippen molar-refractivity contribution in [3.63, 3.8) is 0 Å². The molecule has 0 bridgehead atoms. The van der Waals surface area contributed by atoms with Gasteiger partial charge in [-0.3, -0.25) is 14.5 Å². The third-order valence-electron chi connectivity index (χ3n) is 5.23. The highest BCUT2D eigenvalue weighted by molar-refractivity contribution is 6.31. The molecule has 7 heteroatoms. The number of aromatic nitrogens is 1. The summed E-state index contributed by atoms with van der Waals surface area (Å²) >= 11 is 6.21. The minimum atomic E-state index is -0.384. The molecular weight excluding hydrogens is 450 g/mol. The minimum Gasteiger partial charge on any atom is -0.497 e. The molecule has 2 N–H and O–H groups in total. The van der Waals surface area contributed by atoms with E-state index in [0.717, 1.165) is 0 Å². The Morgan fingerprint density at radius 2 is 1.65 bits per heavy atom. The van der Waals surface area contributed by atoms with E-state index < -0.39 is 0 Å². The number of hydrogen-bond donors (Lipinski definition) is 2. The topological polar surface area (TPSA) is 74.4 Å². The summed E-state index contributed by atoms with van der Waals surface area (Å²) in [7, 11) is 1.59. The van der Waals surface area contributed by atoms with Crippen LogP contribution in [-0.2, 0) is 0 Å². The summed E-state index contributed by atoms with van der Waals surface area (Å²) < 4.78 is 5.31. The summed E-state index contributed by atoms with van der Waals surface area (Å²) in [6.45, 7) is 5.96. The van der Waals surface area contributed by atoms with Gasteiger partial charge in [0, 0.05) is 32.6 Å².